The predicted octanol–water partition coefficient (Wildman–Crippen LogP) is 4.87. The number of carbonyl (C=O) groups is 1. The van der Waals surface area contributed by atoms with E-state index in [1.807, 2.05) is 29.7 Å². The molecule has 1 aliphatic carbocycles. The molecule has 0 bridgehead atoms. The van der Waals surface area contributed by atoms with E-state index in [1.54, 1.807) is 6.07 Å². The summed E-state index contributed by atoms with van der Waals surface area (Å²) >= 11 is 0. The first kappa shape index (κ1) is 24.8. The fraction of sp³-hybridized carbons (Fsp3) is 0.433. The molecule has 38 heavy (non-hydrogen) atoms. The summed E-state index contributed by atoms with van der Waals surface area (Å²) in [4.78, 5) is 21.4. The highest BCUT2D eigenvalue weighted by Gasteiger charge is 2.49. The molecule has 1 amide bonds. The molecule has 0 saturated carbocycles. The summed E-state index contributed by atoms with van der Waals surface area (Å²) in [5, 5.41) is 4.45. The summed E-state index contributed by atoms with van der Waals surface area (Å²) in [5.74, 6) is -0.00615. The molecule has 1 aromatic carbocycles. The molecule has 6 rings (SSSR count). The van der Waals surface area contributed by atoms with Crippen LogP contribution in [-0.2, 0) is 24.7 Å². The molecular formula is C30H33F2N5O. The third-order valence-corrected chi connectivity index (χ3v) is 8.83. The number of aromatic nitrogens is 3. The molecule has 6 nitrogen and oxygen atoms in total. The molecule has 8 heteroatoms. The molecule has 3 aliphatic rings. The van der Waals surface area contributed by atoms with Crippen LogP contribution in [0.5, 0.6) is 0 Å². The maximum Gasteiger partial charge on any atom is 0.245 e. The SMILES string of the molecule is C=CC(=O)N1CC2(CCN(c3nc4c(c(-c5ccc(F)cc5F)c3C)CCC(c3c(C)cnn3C)C4)C2)C1. The van der Waals surface area contributed by atoms with Gasteiger partial charge in [0.25, 0.3) is 0 Å². The monoisotopic (exact) mass is 517 g/mol. The first-order valence-electron chi connectivity index (χ1n) is 13.3. The van der Waals surface area contributed by atoms with Gasteiger partial charge in [0.2, 0.25) is 5.91 Å². The summed E-state index contributed by atoms with van der Waals surface area (Å²) in [6, 6.07) is 3.86. The van der Waals surface area contributed by atoms with Crippen LogP contribution >= 0.6 is 0 Å². The van der Waals surface area contributed by atoms with Crippen molar-refractivity contribution in [3.05, 3.63) is 76.8 Å². The van der Waals surface area contributed by atoms with E-state index in [-0.39, 0.29) is 17.2 Å². The second-order valence-corrected chi connectivity index (χ2v) is 11.3. The van der Waals surface area contributed by atoms with Crippen LogP contribution in [0.4, 0.5) is 14.6 Å². The van der Waals surface area contributed by atoms with E-state index in [1.165, 1.54) is 23.4 Å². The van der Waals surface area contributed by atoms with Gasteiger partial charge in [-0.05, 0) is 80.0 Å². The predicted molar refractivity (Wildman–Crippen MR) is 143 cm³/mol. The number of hydrogen-bond acceptors (Lipinski definition) is 4. The van der Waals surface area contributed by atoms with Gasteiger partial charge in [0.1, 0.15) is 17.5 Å². The lowest BCUT2D eigenvalue weighted by molar-refractivity contribution is -0.136. The van der Waals surface area contributed by atoms with Crippen molar-refractivity contribution in [1.82, 2.24) is 19.7 Å². The fourth-order valence-corrected chi connectivity index (χ4v) is 7.02. The highest BCUT2D eigenvalue weighted by molar-refractivity contribution is 5.88. The van der Waals surface area contributed by atoms with Gasteiger partial charge >= 0.3 is 0 Å². The van der Waals surface area contributed by atoms with Gasteiger partial charge < -0.3 is 9.80 Å². The van der Waals surface area contributed by atoms with Crippen molar-refractivity contribution in [2.24, 2.45) is 12.5 Å². The van der Waals surface area contributed by atoms with Crippen LogP contribution in [0.1, 0.15) is 46.8 Å². The van der Waals surface area contributed by atoms with E-state index in [2.05, 4.69) is 23.5 Å². The lowest BCUT2D eigenvalue weighted by Crippen LogP contribution is -2.59. The molecule has 3 aromatic rings. The summed E-state index contributed by atoms with van der Waals surface area (Å²) in [7, 11) is 1.98. The highest BCUT2D eigenvalue weighted by atomic mass is 19.1. The zero-order valence-electron chi connectivity index (χ0n) is 22.2. The van der Waals surface area contributed by atoms with Crippen LogP contribution in [0.3, 0.4) is 0 Å². The van der Waals surface area contributed by atoms with E-state index in [0.29, 0.717) is 5.56 Å². The number of benzene rings is 1. The van der Waals surface area contributed by atoms with Gasteiger partial charge in [-0.15, -0.1) is 0 Å². The van der Waals surface area contributed by atoms with Crippen LogP contribution in [0.15, 0.2) is 37.1 Å². The molecule has 2 fully saturated rings. The van der Waals surface area contributed by atoms with Crippen molar-refractivity contribution in [2.75, 3.05) is 31.1 Å². The Morgan fingerprint density at radius 1 is 1.21 bits per heavy atom. The number of nitrogens with zero attached hydrogens (tertiary/aromatic N) is 5. The van der Waals surface area contributed by atoms with Crippen molar-refractivity contribution in [2.45, 2.75) is 45.4 Å². The first-order valence-corrected chi connectivity index (χ1v) is 13.3. The zero-order valence-corrected chi connectivity index (χ0v) is 22.2. The van der Waals surface area contributed by atoms with E-state index < -0.39 is 11.6 Å². The number of likely N-dealkylation sites (tertiary alicyclic amines) is 1. The molecule has 2 saturated heterocycles. The fourth-order valence-electron chi connectivity index (χ4n) is 7.02. The summed E-state index contributed by atoms with van der Waals surface area (Å²) in [6.07, 6.45) is 6.69. The topological polar surface area (TPSA) is 54.3 Å². The van der Waals surface area contributed by atoms with Gasteiger partial charge in [0, 0.05) is 67.6 Å². The summed E-state index contributed by atoms with van der Waals surface area (Å²) in [6.45, 7) is 10.8. The first-order chi connectivity index (χ1) is 18.2. The standard InChI is InChI=1S/C30H33F2N5O/c1-5-26(38)37-16-30(17-37)10-11-36(15-30)29-19(3)27(22-9-7-21(31)13-24(22)32)23-8-6-20(12-25(23)34-29)28-18(2)14-33-35(28)4/h5,7,9,13-14,20H,1,6,8,10-12,15-17H2,2-4H3. The molecule has 198 valence electrons. The van der Waals surface area contributed by atoms with Crippen LogP contribution in [0.2, 0.25) is 0 Å². The second kappa shape index (κ2) is 9.03. The average molecular weight is 518 g/mol. The smallest absolute Gasteiger partial charge is 0.245 e. The number of aryl methyl sites for hydroxylation is 2. The Hall–Kier alpha value is -3.55. The molecule has 4 heterocycles. The van der Waals surface area contributed by atoms with Gasteiger partial charge in [-0.25, -0.2) is 13.8 Å². The lowest BCUT2D eigenvalue weighted by atomic mass is 9.79. The molecule has 0 N–H and O–H groups in total. The van der Waals surface area contributed by atoms with Crippen LogP contribution in [-0.4, -0.2) is 51.8 Å². The molecule has 1 spiro atoms. The maximum atomic E-state index is 15.2. The number of rotatable bonds is 4. The minimum absolute atomic E-state index is 0.0252. The van der Waals surface area contributed by atoms with Crippen molar-refractivity contribution < 1.29 is 13.6 Å². The van der Waals surface area contributed by atoms with Gasteiger partial charge in [-0.1, -0.05) is 6.58 Å². The van der Waals surface area contributed by atoms with Crippen molar-refractivity contribution in [1.29, 1.82) is 0 Å². The van der Waals surface area contributed by atoms with Crippen LogP contribution < -0.4 is 4.90 Å². The Balaban J connectivity index is 1.41. The maximum absolute atomic E-state index is 15.2. The Kier molecular flexibility index (Phi) is 5.89. The number of carbonyl (C=O) groups excluding carboxylic acids is 1. The Labute approximate surface area is 222 Å². The van der Waals surface area contributed by atoms with E-state index in [9.17, 15) is 9.18 Å². The Bertz CT molecular complexity index is 1440. The zero-order chi connectivity index (χ0) is 26.8. The normalized spacial score (nSPS) is 20.0. The molecule has 2 aromatic heterocycles. The molecule has 1 atom stereocenters. The molecule has 1 unspecified atom stereocenters. The van der Waals surface area contributed by atoms with Gasteiger partial charge in [0.15, 0.2) is 0 Å². The second-order valence-electron chi connectivity index (χ2n) is 11.3. The van der Waals surface area contributed by atoms with Gasteiger partial charge in [-0.2, -0.15) is 5.10 Å². The van der Waals surface area contributed by atoms with E-state index in [0.717, 1.165) is 86.1 Å². The lowest BCUT2D eigenvalue weighted by Gasteiger charge is -2.47. The molecule has 2 aliphatic heterocycles. The average Bonchev–Trinajstić information content (AvgIpc) is 3.46. The molecule has 0 radical (unpaired) electrons. The summed E-state index contributed by atoms with van der Waals surface area (Å²) < 4.78 is 31.0. The van der Waals surface area contributed by atoms with Crippen molar-refractivity contribution in [3.63, 3.8) is 0 Å². The number of amides is 1. The number of anilines is 1. The Morgan fingerprint density at radius 3 is 2.68 bits per heavy atom. The van der Waals surface area contributed by atoms with Gasteiger partial charge in [0.05, 0.1) is 6.20 Å². The third-order valence-electron chi connectivity index (χ3n) is 8.83. The van der Waals surface area contributed by atoms with E-state index in [4.69, 9.17) is 4.98 Å². The van der Waals surface area contributed by atoms with Crippen molar-refractivity contribution >= 4 is 11.7 Å². The highest BCUT2D eigenvalue weighted by Crippen LogP contribution is 2.46. The third kappa shape index (κ3) is 3.92. The van der Waals surface area contributed by atoms with Crippen LogP contribution in [0, 0.1) is 30.9 Å². The minimum atomic E-state index is -0.580. The van der Waals surface area contributed by atoms with Crippen LogP contribution in [0.25, 0.3) is 11.1 Å². The van der Waals surface area contributed by atoms with Crippen molar-refractivity contribution in [3.8, 4) is 11.1 Å². The number of halogens is 2. The molecular weight excluding hydrogens is 484 g/mol. The summed E-state index contributed by atoms with van der Waals surface area (Å²) in [5.41, 5.74) is 6.70. The quantitative estimate of drug-likeness (QED) is 0.463. The number of pyridine rings is 1. The number of fused-ring (bicyclic) bond motifs is 1. The number of hydrogen-bond donors (Lipinski definition) is 0. The minimum Gasteiger partial charge on any atom is -0.356 e. The van der Waals surface area contributed by atoms with E-state index >= 15 is 4.39 Å². The van der Waals surface area contributed by atoms with Gasteiger partial charge in [-0.3, -0.25) is 9.48 Å². The Morgan fingerprint density at radius 2 is 2.00 bits per heavy atom. The largest absolute Gasteiger partial charge is 0.356 e.